The number of para-hydroxylation sites is 1. The van der Waals surface area contributed by atoms with Gasteiger partial charge in [0.25, 0.3) is 0 Å². The molecule has 1 aromatic heterocycles. The summed E-state index contributed by atoms with van der Waals surface area (Å²) in [6, 6.07) is 24.0. The van der Waals surface area contributed by atoms with Crippen LogP contribution in [0.4, 0.5) is 0 Å². The third kappa shape index (κ3) is 4.05. The van der Waals surface area contributed by atoms with Crippen molar-refractivity contribution in [3.05, 3.63) is 83.4 Å². The van der Waals surface area contributed by atoms with Crippen molar-refractivity contribution < 1.29 is 0 Å². The largest absolute Gasteiger partial charge is 0.292 e. The molecular formula is C28H32N2. The van der Waals surface area contributed by atoms with Crippen LogP contribution in [0.15, 0.2) is 66.7 Å². The van der Waals surface area contributed by atoms with Gasteiger partial charge in [0, 0.05) is 5.56 Å². The van der Waals surface area contributed by atoms with Gasteiger partial charge < -0.3 is 0 Å². The highest BCUT2D eigenvalue weighted by atomic mass is 15.1. The first kappa shape index (κ1) is 20.4. The minimum atomic E-state index is 0.593. The molecule has 0 saturated heterocycles. The minimum Gasteiger partial charge on any atom is -0.292 e. The van der Waals surface area contributed by atoms with Crippen molar-refractivity contribution >= 4 is 11.0 Å². The van der Waals surface area contributed by atoms with Crippen LogP contribution >= 0.6 is 0 Å². The molecule has 4 rings (SSSR count). The van der Waals surface area contributed by atoms with E-state index in [1.807, 2.05) is 0 Å². The van der Waals surface area contributed by atoms with E-state index in [2.05, 4.69) is 106 Å². The second kappa shape index (κ2) is 8.47. The Morgan fingerprint density at radius 2 is 1.40 bits per heavy atom. The van der Waals surface area contributed by atoms with E-state index in [1.165, 1.54) is 27.9 Å². The summed E-state index contributed by atoms with van der Waals surface area (Å²) < 4.78 is 2.42. The summed E-state index contributed by atoms with van der Waals surface area (Å²) in [5, 5.41) is 0. The van der Waals surface area contributed by atoms with Crippen molar-refractivity contribution in [2.75, 3.05) is 0 Å². The van der Waals surface area contributed by atoms with Crippen LogP contribution in [0.5, 0.6) is 0 Å². The molecule has 2 heteroatoms. The van der Waals surface area contributed by atoms with Gasteiger partial charge in [0.1, 0.15) is 5.82 Å². The van der Waals surface area contributed by atoms with E-state index in [0.717, 1.165) is 29.7 Å². The summed E-state index contributed by atoms with van der Waals surface area (Å²) in [6.45, 7) is 11.3. The maximum absolute atomic E-state index is 5.12. The van der Waals surface area contributed by atoms with Gasteiger partial charge in [0.2, 0.25) is 0 Å². The third-order valence-electron chi connectivity index (χ3n) is 5.53. The number of hydrogen-bond acceptors (Lipinski definition) is 1. The standard InChI is InChI=1S/C28H32N2/c1-19(2)16-23-12-9-13-24(17-20(3)4)27(23)30-26-15-14-21(5)18-25(26)29-28(30)22-10-7-6-8-11-22/h6-15,18-20H,16-17H2,1-5H3. The molecule has 2 nitrogen and oxygen atoms in total. The molecule has 0 saturated carbocycles. The van der Waals surface area contributed by atoms with Gasteiger partial charge in [0.15, 0.2) is 0 Å². The monoisotopic (exact) mass is 396 g/mol. The molecule has 0 aliphatic carbocycles. The van der Waals surface area contributed by atoms with Gasteiger partial charge in [-0.05, 0) is 60.4 Å². The lowest BCUT2D eigenvalue weighted by molar-refractivity contribution is 0.632. The van der Waals surface area contributed by atoms with E-state index in [4.69, 9.17) is 4.98 Å². The fraction of sp³-hybridized carbons (Fsp3) is 0.321. The number of aryl methyl sites for hydroxylation is 1. The Kier molecular flexibility index (Phi) is 5.76. The van der Waals surface area contributed by atoms with E-state index in [1.54, 1.807) is 0 Å². The second-order valence-corrected chi connectivity index (χ2v) is 9.25. The minimum absolute atomic E-state index is 0.593. The van der Waals surface area contributed by atoms with Crippen molar-refractivity contribution in [3.63, 3.8) is 0 Å². The summed E-state index contributed by atoms with van der Waals surface area (Å²) in [5.41, 5.74) is 8.76. The quantitative estimate of drug-likeness (QED) is 0.332. The smallest absolute Gasteiger partial charge is 0.145 e. The predicted octanol–water partition coefficient (Wildman–Crippen LogP) is 7.40. The molecule has 0 bridgehead atoms. The first-order chi connectivity index (χ1) is 14.4. The SMILES string of the molecule is Cc1ccc2c(c1)nc(-c1ccccc1)n2-c1c(CC(C)C)cccc1CC(C)C. The fourth-order valence-corrected chi connectivity index (χ4v) is 4.34. The van der Waals surface area contributed by atoms with Crippen molar-refractivity contribution in [2.24, 2.45) is 11.8 Å². The molecule has 0 aliphatic heterocycles. The van der Waals surface area contributed by atoms with Gasteiger partial charge >= 0.3 is 0 Å². The normalized spacial score (nSPS) is 11.7. The Balaban J connectivity index is 2.08. The van der Waals surface area contributed by atoms with Crippen LogP contribution in [0.1, 0.15) is 44.4 Å². The van der Waals surface area contributed by atoms with E-state index in [-0.39, 0.29) is 0 Å². The Morgan fingerprint density at radius 1 is 0.767 bits per heavy atom. The lowest BCUT2D eigenvalue weighted by Gasteiger charge is -2.21. The number of hydrogen-bond donors (Lipinski definition) is 0. The molecule has 0 atom stereocenters. The first-order valence-electron chi connectivity index (χ1n) is 11.1. The summed E-state index contributed by atoms with van der Waals surface area (Å²) >= 11 is 0. The molecule has 0 aliphatic rings. The lowest BCUT2D eigenvalue weighted by atomic mass is 9.94. The predicted molar refractivity (Wildman–Crippen MR) is 128 cm³/mol. The lowest BCUT2D eigenvalue weighted by Crippen LogP contribution is -2.10. The number of benzene rings is 3. The Labute approximate surface area is 180 Å². The fourth-order valence-electron chi connectivity index (χ4n) is 4.34. The molecule has 0 unspecified atom stereocenters. The highest BCUT2D eigenvalue weighted by Gasteiger charge is 2.20. The van der Waals surface area contributed by atoms with Gasteiger partial charge in [-0.15, -0.1) is 0 Å². The van der Waals surface area contributed by atoms with Gasteiger partial charge in [0.05, 0.1) is 16.7 Å². The van der Waals surface area contributed by atoms with Crippen LogP contribution in [-0.4, -0.2) is 9.55 Å². The van der Waals surface area contributed by atoms with E-state index < -0.39 is 0 Å². The maximum atomic E-state index is 5.12. The van der Waals surface area contributed by atoms with Gasteiger partial charge in [-0.25, -0.2) is 4.98 Å². The van der Waals surface area contributed by atoms with Crippen LogP contribution in [-0.2, 0) is 12.8 Å². The first-order valence-corrected chi connectivity index (χ1v) is 11.1. The van der Waals surface area contributed by atoms with Crippen LogP contribution in [0, 0.1) is 18.8 Å². The zero-order chi connectivity index (χ0) is 21.3. The Hall–Kier alpha value is -2.87. The number of rotatable bonds is 6. The van der Waals surface area contributed by atoms with Crippen LogP contribution in [0.25, 0.3) is 28.1 Å². The highest BCUT2D eigenvalue weighted by molar-refractivity contribution is 5.84. The molecule has 0 radical (unpaired) electrons. The number of fused-ring (bicyclic) bond motifs is 1. The second-order valence-electron chi connectivity index (χ2n) is 9.25. The highest BCUT2D eigenvalue weighted by Crippen LogP contribution is 2.34. The van der Waals surface area contributed by atoms with Gasteiger partial charge in [-0.2, -0.15) is 0 Å². The summed E-state index contributed by atoms with van der Waals surface area (Å²) in [5.74, 6) is 2.21. The average Bonchev–Trinajstić information content (AvgIpc) is 3.06. The molecule has 30 heavy (non-hydrogen) atoms. The van der Waals surface area contributed by atoms with E-state index >= 15 is 0 Å². The maximum Gasteiger partial charge on any atom is 0.145 e. The Bertz CT molecular complexity index is 1120. The van der Waals surface area contributed by atoms with Crippen molar-refractivity contribution in [1.82, 2.24) is 9.55 Å². The summed E-state index contributed by atoms with van der Waals surface area (Å²) in [6.07, 6.45) is 2.11. The molecule has 3 aromatic carbocycles. The Morgan fingerprint density at radius 3 is 2.00 bits per heavy atom. The topological polar surface area (TPSA) is 17.8 Å². The zero-order valence-electron chi connectivity index (χ0n) is 18.8. The van der Waals surface area contributed by atoms with Crippen LogP contribution in [0.2, 0.25) is 0 Å². The molecule has 0 spiro atoms. The summed E-state index contributed by atoms with van der Waals surface area (Å²) in [4.78, 5) is 5.12. The number of imidazole rings is 1. The summed E-state index contributed by atoms with van der Waals surface area (Å²) in [7, 11) is 0. The van der Waals surface area contributed by atoms with Gasteiger partial charge in [-0.3, -0.25) is 4.57 Å². The molecule has 1 heterocycles. The van der Waals surface area contributed by atoms with Crippen molar-refractivity contribution in [3.8, 4) is 17.1 Å². The van der Waals surface area contributed by atoms with Crippen molar-refractivity contribution in [2.45, 2.75) is 47.5 Å². The third-order valence-corrected chi connectivity index (χ3v) is 5.53. The van der Waals surface area contributed by atoms with Crippen LogP contribution < -0.4 is 0 Å². The zero-order valence-corrected chi connectivity index (χ0v) is 18.8. The number of aromatic nitrogens is 2. The molecule has 154 valence electrons. The molecule has 0 fully saturated rings. The van der Waals surface area contributed by atoms with Gasteiger partial charge in [-0.1, -0.05) is 82.3 Å². The van der Waals surface area contributed by atoms with Crippen molar-refractivity contribution in [1.29, 1.82) is 0 Å². The molecular weight excluding hydrogens is 364 g/mol. The molecule has 0 N–H and O–H groups in total. The average molecular weight is 397 g/mol. The molecule has 0 amide bonds. The van der Waals surface area contributed by atoms with E-state index in [0.29, 0.717) is 11.8 Å². The number of nitrogens with zero attached hydrogens (tertiary/aromatic N) is 2. The van der Waals surface area contributed by atoms with E-state index in [9.17, 15) is 0 Å². The molecule has 4 aromatic rings. The van der Waals surface area contributed by atoms with Crippen LogP contribution in [0.3, 0.4) is 0 Å².